The number of anilines is 1. The molecule has 0 aliphatic rings. The van der Waals surface area contributed by atoms with Gasteiger partial charge in [0.1, 0.15) is 0 Å². The highest BCUT2D eigenvalue weighted by Gasteiger charge is 2.10. The molecule has 1 heterocycles. The van der Waals surface area contributed by atoms with Crippen LogP contribution in [0.4, 0.5) is 5.69 Å². The summed E-state index contributed by atoms with van der Waals surface area (Å²) in [6.45, 7) is 10.1. The number of hydrogen-bond donors (Lipinski definition) is 0. The molecule has 1 aromatic carbocycles. The van der Waals surface area contributed by atoms with Crippen molar-refractivity contribution in [1.29, 1.82) is 0 Å². The molecule has 0 spiro atoms. The highest BCUT2D eigenvalue weighted by molar-refractivity contribution is 5.79. The van der Waals surface area contributed by atoms with Crippen molar-refractivity contribution >= 4 is 17.5 Å². The molecule has 0 bridgehead atoms. The number of pyridine rings is 1. The topological polar surface area (TPSA) is 16.1 Å². The Morgan fingerprint density at radius 3 is 2.68 bits per heavy atom. The van der Waals surface area contributed by atoms with Gasteiger partial charge in [-0.25, -0.2) is 0 Å². The fourth-order valence-corrected chi connectivity index (χ4v) is 2.10. The van der Waals surface area contributed by atoms with Gasteiger partial charge >= 0.3 is 0 Å². The fourth-order valence-electron chi connectivity index (χ4n) is 2.10. The van der Waals surface area contributed by atoms with E-state index in [4.69, 9.17) is 0 Å². The Morgan fingerprint density at radius 2 is 2.05 bits per heavy atom. The molecule has 0 fully saturated rings. The first-order valence-electron chi connectivity index (χ1n) is 6.20. The van der Waals surface area contributed by atoms with E-state index < -0.39 is 0 Å². The molecular weight excluding hydrogens is 232 g/mol. The van der Waals surface area contributed by atoms with Gasteiger partial charge in [-0.15, -0.1) is 0 Å². The zero-order valence-corrected chi connectivity index (χ0v) is 11.4. The molecule has 1 aromatic heterocycles. The minimum atomic E-state index is 0.928. The van der Waals surface area contributed by atoms with Gasteiger partial charge in [0.05, 0.1) is 0 Å². The Kier molecular flexibility index (Phi) is 3.81. The van der Waals surface area contributed by atoms with Crippen LogP contribution < -0.4 is 4.90 Å². The maximum absolute atomic E-state index is 4.16. The predicted octanol–water partition coefficient (Wildman–Crippen LogP) is 4.14. The van der Waals surface area contributed by atoms with Crippen LogP contribution in [0.25, 0.3) is 11.8 Å². The summed E-state index contributed by atoms with van der Waals surface area (Å²) in [6.07, 6.45) is 5.46. The lowest BCUT2D eigenvalue weighted by Gasteiger charge is -2.24. The third-order valence-electron chi connectivity index (χ3n) is 3.33. The highest BCUT2D eigenvalue weighted by Crippen LogP contribution is 2.28. The van der Waals surface area contributed by atoms with Crippen LogP contribution in [0.15, 0.2) is 55.9 Å². The summed E-state index contributed by atoms with van der Waals surface area (Å²) in [5, 5.41) is 0. The average Bonchev–Trinajstić information content (AvgIpc) is 2.47. The van der Waals surface area contributed by atoms with E-state index in [1.165, 1.54) is 5.56 Å². The summed E-state index contributed by atoms with van der Waals surface area (Å²) in [4.78, 5) is 6.22. The van der Waals surface area contributed by atoms with Crippen molar-refractivity contribution < 1.29 is 0 Å². The number of rotatable bonds is 4. The molecule has 0 saturated carbocycles. The van der Waals surface area contributed by atoms with E-state index in [0.29, 0.717) is 0 Å². The molecule has 0 aliphatic heterocycles. The van der Waals surface area contributed by atoms with Crippen molar-refractivity contribution in [2.75, 3.05) is 11.9 Å². The summed E-state index contributed by atoms with van der Waals surface area (Å²) in [5.74, 6) is 0. The van der Waals surface area contributed by atoms with Crippen LogP contribution in [0.5, 0.6) is 0 Å². The Bertz CT molecular complexity index is 600. The molecule has 0 unspecified atom stereocenters. The smallest absolute Gasteiger partial charge is 0.0443 e. The van der Waals surface area contributed by atoms with Crippen LogP contribution in [0, 0.1) is 6.92 Å². The molecule has 2 aromatic rings. The maximum atomic E-state index is 4.16. The fraction of sp³-hybridized carbons (Fsp3) is 0.118. The molecule has 0 radical (unpaired) electrons. The van der Waals surface area contributed by atoms with Crippen LogP contribution in [-0.4, -0.2) is 12.0 Å². The number of aromatic nitrogens is 1. The lowest BCUT2D eigenvalue weighted by molar-refractivity contribution is 1.18. The Morgan fingerprint density at radius 1 is 1.26 bits per heavy atom. The summed E-state index contributed by atoms with van der Waals surface area (Å²) >= 11 is 0. The van der Waals surface area contributed by atoms with Crippen LogP contribution in [0.3, 0.4) is 0 Å². The summed E-state index contributed by atoms with van der Waals surface area (Å²) in [7, 11) is 2.02. The molecule has 2 rings (SSSR count). The molecule has 19 heavy (non-hydrogen) atoms. The molecule has 0 N–H and O–H groups in total. The van der Waals surface area contributed by atoms with Crippen LogP contribution in [0.2, 0.25) is 0 Å². The lowest BCUT2D eigenvalue weighted by Crippen LogP contribution is -2.16. The van der Waals surface area contributed by atoms with Crippen LogP contribution in [-0.2, 0) is 0 Å². The lowest BCUT2D eigenvalue weighted by atomic mass is 10.1. The van der Waals surface area contributed by atoms with Gasteiger partial charge in [0.25, 0.3) is 0 Å². The zero-order chi connectivity index (χ0) is 13.8. The summed E-state index contributed by atoms with van der Waals surface area (Å²) in [5.41, 5.74) is 5.42. The third kappa shape index (κ3) is 2.58. The second-order valence-electron chi connectivity index (χ2n) is 4.44. The Balaban J connectivity index is 2.37. The van der Waals surface area contributed by atoms with Crippen LogP contribution in [0.1, 0.15) is 16.7 Å². The van der Waals surface area contributed by atoms with Gasteiger partial charge in [0.2, 0.25) is 0 Å². The van der Waals surface area contributed by atoms with E-state index >= 15 is 0 Å². The second-order valence-corrected chi connectivity index (χ2v) is 4.44. The first kappa shape index (κ1) is 13.1. The maximum Gasteiger partial charge on any atom is 0.0443 e. The Hall–Kier alpha value is -2.35. The number of hydrogen-bond acceptors (Lipinski definition) is 2. The third-order valence-corrected chi connectivity index (χ3v) is 3.33. The quantitative estimate of drug-likeness (QED) is 0.810. The van der Waals surface area contributed by atoms with Crippen molar-refractivity contribution in [3.63, 3.8) is 0 Å². The molecule has 0 atom stereocenters. The molecule has 0 saturated heterocycles. The van der Waals surface area contributed by atoms with Gasteiger partial charge in [-0.1, -0.05) is 31.4 Å². The molecule has 96 valence electrons. The highest BCUT2D eigenvalue weighted by atomic mass is 15.1. The van der Waals surface area contributed by atoms with E-state index in [9.17, 15) is 0 Å². The summed E-state index contributed by atoms with van der Waals surface area (Å²) < 4.78 is 0. The van der Waals surface area contributed by atoms with E-state index in [-0.39, 0.29) is 0 Å². The van der Waals surface area contributed by atoms with E-state index in [0.717, 1.165) is 22.5 Å². The molecule has 2 nitrogen and oxygen atoms in total. The monoisotopic (exact) mass is 250 g/mol. The van der Waals surface area contributed by atoms with Gasteiger partial charge < -0.3 is 4.90 Å². The van der Waals surface area contributed by atoms with Crippen molar-refractivity contribution in [2.45, 2.75) is 6.92 Å². The van der Waals surface area contributed by atoms with E-state index in [1.807, 2.05) is 37.5 Å². The number of benzene rings is 1. The van der Waals surface area contributed by atoms with E-state index in [1.54, 1.807) is 6.20 Å². The van der Waals surface area contributed by atoms with Gasteiger partial charge in [-0.05, 0) is 36.2 Å². The van der Waals surface area contributed by atoms with Crippen molar-refractivity contribution in [2.24, 2.45) is 0 Å². The van der Waals surface area contributed by atoms with Gasteiger partial charge in [0, 0.05) is 36.4 Å². The van der Waals surface area contributed by atoms with E-state index in [2.05, 4.69) is 42.1 Å². The predicted molar refractivity (Wildman–Crippen MR) is 82.9 cm³/mol. The molecular formula is C17H18N2. The first-order chi connectivity index (χ1) is 9.15. The number of nitrogens with zero attached hydrogens (tertiary/aromatic N) is 2. The minimum Gasteiger partial charge on any atom is -0.344 e. The zero-order valence-electron chi connectivity index (χ0n) is 11.4. The van der Waals surface area contributed by atoms with Crippen LogP contribution >= 0.6 is 0 Å². The molecule has 0 aliphatic carbocycles. The SMILES string of the molecule is C=Cc1cccc(N(C)C(=C)c2cccnc2)c1C. The minimum absolute atomic E-state index is 0.928. The largest absolute Gasteiger partial charge is 0.344 e. The standard InChI is InChI=1S/C17H18N2/c1-5-15-8-6-10-17(13(15)2)19(4)14(3)16-9-7-11-18-12-16/h5-12H,1,3H2,2,4H3. The van der Waals surface area contributed by atoms with Gasteiger partial charge in [-0.3, -0.25) is 4.98 Å². The average molecular weight is 250 g/mol. The second kappa shape index (κ2) is 5.53. The molecule has 2 heteroatoms. The van der Waals surface area contributed by atoms with Crippen molar-refractivity contribution in [3.8, 4) is 0 Å². The normalized spacial score (nSPS) is 10.0. The van der Waals surface area contributed by atoms with Crippen molar-refractivity contribution in [1.82, 2.24) is 4.98 Å². The van der Waals surface area contributed by atoms with Gasteiger partial charge in [-0.2, -0.15) is 0 Å². The molecule has 0 amide bonds. The van der Waals surface area contributed by atoms with Crippen molar-refractivity contribution in [3.05, 3.63) is 72.6 Å². The Labute approximate surface area is 114 Å². The summed E-state index contributed by atoms with van der Waals surface area (Å²) in [6, 6.07) is 10.1. The van der Waals surface area contributed by atoms with Gasteiger partial charge in [0.15, 0.2) is 0 Å². The first-order valence-corrected chi connectivity index (χ1v) is 6.20.